The molecule has 2 N–H and O–H groups in total. The van der Waals surface area contributed by atoms with Gasteiger partial charge in [-0.05, 0) is 12.1 Å². The molecule has 0 unspecified atom stereocenters. The number of methoxy groups -OCH3 is 1. The predicted octanol–water partition coefficient (Wildman–Crippen LogP) is 0.859. The molecule has 0 radical (unpaired) electrons. The van der Waals surface area contributed by atoms with Crippen LogP contribution in [0.25, 0.3) is 0 Å². The van der Waals surface area contributed by atoms with Gasteiger partial charge in [-0.1, -0.05) is 0 Å². The summed E-state index contributed by atoms with van der Waals surface area (Å²) in [5.74, 6) is -0.952. The molecule has 0 fully saturated rings. The van der Waals surface area contributed by atoms with Crippen LogP contribution in [0.5, 0.6) is 0 Å². The Hall–Kier alpha value is -1.29. The minimum Gasteiger partial charge on any atom is -0.477 e. The molecule has 0 bridgehead atoms. The third kappa shape index (κ3) is 1.81. The van der Waals surface area contributed by atoms with Gasteiger partial charge < -0.3 is 14.8 Å². The first-order valence-corrected chi connectivity index (χ1v) is 3.14. The largest absolute Gasteiger partial charge is 0.477 e. The number of aromatic carboxylic acids is 1. The first-order chi connectivity index (χ1) is 5.24. The van der Waals surface area contributed by atoms with E-state index >= 15 is 0 Å². The fourth-order valence-corrected chi connectivity index (χ4v) is 0.805. The Morgan fingerprint density at radius 1 is 1.73 bits per heavy atom. The molecule has 11 heavy (non-hydrogen) atoms. The van der Waals surface area contributed by atoms with Crippen molar-refractivity contribution in [2.75, 3.05) is 7.11 Å². The number of hydrogen-bond donors (Lipinski definition) is 2. The number of carbonyl (C=O) groups is 1. The minimum atomic E-state index is -0.952. The van der Waals surface area contributed by atoms with Crippen LogP contribution in [0.4, 0.5) is 0 Å². The quantitative estimate of drug-likeness (QED) is 0.680. The molecule has 0 saturated carbocycles. The molecule has 0 spiro atoms. The van der Waals surface area contributed by atoms with Crippen molar-refractivity contribution in [2.45, 2.75) is 6.61 Å². The number of aromatic nitrogens is 1. The van der Waals surface area contributed by atoms with Crippen molar-refractivity contribution in [2.24, 2.45) is 0 Å². The van der Waals surface area contributed by atoms with E-state index in [-0.39, 0.29) is 5.69 Å². The fourth-order valence-electron chi connectivity index (χ4n) is 0.805. The van der Waals surface area contributed by atoms with E-state index in [2.05, 4.69) is 4.98 Å². The van der Waals surface area contributed by atoms with E-state index in [1.807, 2.05) is 0 Å². The monoisotopic (exact) mass is 155 g/mol. The lowest BCUT2D eigenvalue weighted by molar-refractivity contribution is 0.0690. The number of nitrogens with one attached hydrogen (secondary N) is 1. The standard InChI is InChI=1S/C7H9NO3/c1-11-4-5-2-3-6(8-5)7(9)10/h2-3,8H,4H2,1H3,(H,9,10). The van der Waals surface area contributed by atoms with Crippen LogP contribution < -0.4 is 0 Å². The summed E-state index contributed by atoms with van der Waals surface area (Å²) >= 11 is 0. The highest BCUT2D eigenvalue weighted by Crippen LogP contribution is 2.02. The van der Waals surface area contributed by atoms with Crippen molar-refractivity contribution < 1.29 is 14.6 Å². The van der Waals surface area contributed by atoms with E-state index in [1.54, 1.807) is 13.2 Å². The van der Waals surface area contributed by atoms with Gasteiger partial charge in [0.25, 0.3) is 0 Å². The van der Waals surface area contributed by atoms with Crippen LogP contribution in [0.15, 0.2) is 12.1 Å². The van der Waals surface area contributed by atoms with Gasteiger partial charge in [0.2, 0.25) is 0 Å². The first-order valence-electron chi connectivity index (χ1n) is 3.14. The number of carboxylic acids is 1. The number of rotatable bonds is 3. The van der Waals surface area contributed by atoms with E-state index in [0.29, 0.717) is 6.61 Å². The molecule has 0 atom stereocenters. The summed E-state index contributed by atoms with van der Waals surface area (Å²) < 4.78 is 4.80. The molecule has 4 nitrogen and oxygen atoms in total. The van der Waals surface area contributed by atoms with E-state index in [0.717, 1.165) is 5.69 Å². The van der Waals surface area contributed by atoms with Crippen LogP contribution in [0.1, 0.15) is 16.2 Å². The van der Waals surface area contributed by atoms with Crippen LogP contribution in [0, 0.1) is 0 Å². The van der Waals surface area contributed by atoms with Gasteiger partial charge in [0.15, 0.2) is 0 Å². The van der Waals surface area contributed by atoms with Gasteiger partial charge in [0, 0.05) is 12.8 Å². The number of carboxylic acid groups (broad SMARTS) is 1. The van der Waals surface area contributed by atoms with Crippen LogP contribution >= 0.6 is 0 Å². The summed E-state index contributed by atoms with van der Waals surface area (Å²) in [6.07, 6.45) is 0. The second-order valence-corrected chi connectivity index (χ2v) is 2.14. The second-order valence-electron chi connectivity index (χ2n) is 2.14. The highest BCUT2D eigenvalue weighted by molar-refractivity contribution is 5.85. The van der Waals surface area contributed by atoms with Gasteiger partial charge in [-0.3, -0.25) is 0 Å². The third-order valence-electron chi connectivity index (χ3n) is 1.28. The summed E-state index contributed by atoms with van der Waals surface area (Å²) in [6, 6.07) is 3.20. The Kier molecular flexibility index (Phi) is 2.28. The molecule has 0 aliphatic carbocycles. The molecule has 1 rings (SSSR count). The topological polar surface area (TPSA) is 62.3 Å². The molecule has 1 aromatic heterocycles. The maximum absolute atomic E-state index is 10.3. The smallest absolute Gasteiger partial charge is 0.352 e. The zero-order valence-electron chi connectivity index (χ0n) is 6.13. The summed E-state index contributed by atoms with van der Waals surface area (Å²) in [7, 11) is 1.56. The lowest BCUT2D eigenvalue weighted by Gasteiger charge is -1.92. The fraction of sp³-hybridized carbons (Fsp3) is 0.286. The van der Waals surface area contributed by atoms with Crippen LogP contribution in [-0.4, -0.2) is 23.2 Å². The summed E-state index contributed by atoms with van der Waals surface area (Å²) in [5, 5.41) is 8.49. The number of ether oxygens (including phenoxy) is 1. The molecular formula is C7H9NO3. The van der Waals surface area contributed by atoms with Crippen molar-refractivity contribution in [3.8, 4) is 0 Å². The van der Waals surface area contributed by atoms with Crippen LogP contribution in [0.2, 0.25) is 0 Å². The van der Waals surface area contributed by atoms with E-state index in [9.17, 15) is 4.79 Å². The second kappa shape index (κ2) is 3.21. The van der Waals surface area contributed by atoms with E-state index in [4.69, 9.17) is 9.84 Å². The SMILES string of the molecule is COCc1ccc(C(=O)O)[nH]1. The van der Waals surface area contributed by atoms with E-state index in [1.165, 1.54) is 6.07 Å². The van der Waals surface area contributed by atoms with Gasteiger partial charge in [-0.25, -0.2) is 4.79 Å². The number of hydrogen-bond acceptors (Lipinski definition) is 2. The van der Waals surface area contributed by atoms with Gasteiger partial charge >= 0.3 is 5.97 Å². The zero-order chi connectivity index (χ0) is 8.27. The maximum atomic E-state index is 10.3. The van der Waals surface area contributed by atoms with Crippen molar-refractivity contribution in [1.29, 1.82) is 0 Å². The minimum absolute atomic E-state index is 0.192. The number of H-pyrrole nitrogens is 1. The van der Waals surface area contributed by atoms with Crippen molar-refractivity contribution in [1.82, 2.24) is 4.98 Å². The van der Waals surface area contributed by atoms with Gasteiger partial charge in [0.1, 0.15) is 5.69 Å². The highest BCUT2D eigenvalue weighted by atomic mass is 16.5. The van der Waals surface area contributed by atoms with Crippen LogP contribution in [-0.2, 0) is 11.3 Å². The maximum Gasteiger partial charge on any atom is 0.352 e. The Balaban J connectivity index is 2.73. The molecule has 1 aromatic rings. The molecule has 0 aliphatic rings. The molecule has 0 saturated heterocycles. The molecule has 0 aromatic carbocycles. The lowest BCUT2D eigenvalue weighted by Crippen LogP contribution is -1.96. The summed E-state index contributed by atoms with van der Waals surface area (Å²) in [6.45, 7) is 0.410. The molecule has 0 aliphatic heterocycles. The number of aromatic amines is 1. The molecule has 60 valence electrons. The van der Waals surface area contributed by atoms with E-state index < -0.39 is 5.97 Å². The molecule has 1 heterocycles. The predicted molar refractivity (Wildman–Crippen MR) is 38.5 cm³/mol. The van der Waals surface area contributed by atoms with Crippen molar-refractivity contribution >= 4 is 5.97 Å². The van der Waals surface area contributed by atoms with Gasteiger partial charge in [-0.15, -0.1) is 0 Å². The Morgan fingerprint density at radius 3 is 2.91 bits per heavy atom. The molecule has 4 heteroatoms. The van der Waals surface area contributed by atoms with Gasteiger partial charge in [-0.2, -0.15) is 0 Å². The average Bonchev–Trinajstić information content (AvgIpc) is 2.37. The Labute approximate surface area is 63.8 Å². The highest BCUT2D eigenvalue weighted by Gasteiger charge is 2.04. The van der Waals surface area contributed by atoms with Gasteiger partial charge in [0.05, 0.1) is 6.61 Å². The molecule has 0 amide bonds. The lowest BCUT2D eigenvalue weighted by atomic mass is 10.4. The third-order valence-corrected chi connectivity index (χ3v) is 1.28. The average molecular weight is 155 g/mol. The first kappa shape index (κ1) is 7.81. The summed E-state index contributed by atoms with van der Waals surface area (Å²) in [5.41, 5.74) is 0.960. The van der Waals surface area contributed by atoms with Crippen LogP contribution in [0.3, 0.4) is 0 Å². The zero-order valence-corrected chi connectivity index (χ0v) is 6.13. The Bertz CT molecular complexity index is 254. The Morgan fingerprint density at radius 2 is 2.45 bits per heavy atom. The van der Waals surface area contributed by atoms with Crippen molar-refractivity contribution in [3.05, 3.63) is 23.5 Å². The summed E-state index contributed by atoms with van der Waals surface area (Å²) in [4.78, 5) is 13.0. The van der Waals surface area contributed by atoms with Crippen molar-refractivity contribution in [3.63, 3.8) is 0 Å². The molecular weight excluding hydrogens is 146 g/mol. The normalized spacial score (nSPS) is 9.91.